The molecule has 1 aromatic rings. The van der Waals surface area contributed by atoms with Crippen LogP contribution in [-0.2, 0) is 4.79 Å². The van der Waals surface area contributed by atoms with Gasteiger partial charge in [-0.3, -0.25) is 9.59 Å². The first-order valence-electron chi connectivity index (χ1n) is 8.97. The maximum atomic E-state index is 13.9. The quantitative estimate of drug-likeness (QED) is 0.859. The van der Waals surface area contributed by atoms with E-state index in [0.29, 0.717) is 18.3 Å². The molecule has 1 saturated carbocycles. The second-order valence-electron chi connectivity index (χ2n) is 7.23. The Morgan fingerprint density at radius 1 is 1.40 bits per heavy atom. The zero-order valence-electron chi connectivity index (χ0n) is 14.5. The van der Waals surface area contributed by atoms with Gasteiger partial charge in [0, 0.05) is 18.0 Å². The largest absolute Gasteiger partial charge is 0.353 e. The monoisotopic (exact) mass is 366 g/mol. The Bertz CT molecular complexity index is 661. The van der Waals surface area contributed by atoms with Gasteiger partial charge in [0.25, 0.3) is 5.91 Å². The molecule has 3 rings (SSSR count). The van der Waals surface area contributed by atoms with Crippen molar-refractivity contribution in [2.45, 2.75) is 51.6 Å². The summed E-state index contributed by atoms with van der Waals surface area (Å²) >= 11 is 5.97. The maximum Gasteiger partial charge on any atom is 0.255 e. The van der Waals surface area contributed by atoms with Gasteiger partial charge in [-0.25, -0.2) is 4.39 Å². The zero-order valence-corrected chi connectivity index (χ0v) is 15.3. The molecular formula is C19H24ClFN2O2. The average Bonchev–Trinajstić information content (AvgIpc) is 2.54. The van der Waals surface area contributed by atoms with Gasteiger partial charge in [-0.1, -0.05) is 31.5 Å². The van der Waals surface area contributed by atoms with Crippen molar-refractivity contribution in [2.24, 2.45) is 17.8 Å². The molecule has 25 heavy (non-hydrogen) atoms. The highest BCUT2D eigenvalue weighted by molar-refractivity contribution is 6.33. The lowest BCUT2D eigenvalue weighted by molar-refractivity contribution is -0.133. The van der Waals surface area contributed by atoms with Crippen LogP contribution in [0.2, 0.25) is 5.02 Å². The van der Waals surface area contributed by atoms with Gasteiger partial charge >= 0.3 is 0 Å². The summed E-state index contributed by atoms with van der Waals surface area (Å²) in [5.41, 5.74) is -0.113. The number of halogens is 2. The number of hydrogen-bond acceptors (Lipinski definition) is 2. The molecule has 0 spiro atoms. The fourth-order valence-electron chi connectivity index (χ4n) is 4.48. The highest BCUT2D eigenvalue weighted by atomic mass is 35.5. The predicted octanol–water partition coefficient (Wildman–Crippen LogP) is 3.54. The molecule has 2 amide bonds. The van der Waals surface area contributed by atoms with Crippen molar-refractivity contribution in [2.75, 3.05) is 0 Å². The lowest BCUT2D eigenvalue weighted by atomic mass is 9.67. The fourth-order valence-corrected chi connectivity index (χ4v) is 4.73. The number of rotatable bonds is 3. The SMILES string of the molecule is CCC1C(=O)NC2CC(NC(=O)c3c(F)cccc3Cl)CCC2C1C. The van der Waals surface area contributed by atoms with Gasteiger partial charge in [0.2, 0.25) is 5.91 Å². The summed E-state index contributed by atoms with van der Waals surface area (Å²) in [6.45, 7) is 4.20. The van der Waals surface area contributed by atoms with Crippen molar-refractivity contribution in [1.29, 1.82) is 0 Å². The minimum atomic E-state index is -0.621. The van der Waals surface area contributed by atoms with Crippen LogP contribution in [0.5, 0.6) is 0 Å². The number of nitrogens with one attached hydrogen (secondary N) is 2. The summed E-state index contributed by atoms with van der Waals surface area (Å²) in [6.07, 6.45) is 3.30. The van der Waals surface area contributed by atoms with E-state index in [0.717, 1.165) is 19.3 Å². The molecule has 2 fully saturated rings. The molecular weight excluding hydrogens is 343 g/mol. The first-order valence-corrected chi connectivity index (χ1v) is 9.35. The van der Waals surface area contributed by atoms with Crippen LogP contribution in [-0.4, -0.2) is 23.9 Å². The number of amides is 2. The van der Waals surface area contributed by atoms with Crippen LogP contribution in [0.1, 0.15) is 49.9 Å². The first kappa shape index (κ1) is 18.2. The molecule has 1 aliphatic heterocycles. The first-order chi connectivity index (χ1) is 11.9. The molecule has 0 bridgehead atoms. The third-order valence-electron chi connectivity index (χ3n) is 5.84. The normalized spacial score (nSPS) is 31.8. The molecule has 2 aliphatic rings. The van der Waals surface area contributed by atoms with E-state index >= 15 is 0 Å². The molecule has 6 heteroatoms. The van der Waals surface area contributed by atoms with Crippen molar-refractivity contribution in [1.82, 2.24) is 10.6 Å². The average molecular weight is 367 g/mol. The molecule has 136 valence electrons. The van der Waals surface area contributed by atoms with Crippen LogP contribution < -0.4 is 10.6 Å². The lowest BCUT2D eigenvalue weighted by Gasteiger charge is -2.46. The van der Waals surface area contributed by atoms with Gasteiger partial charge in [-0.15, -0.1) is 0 Å². The molecule has 5 unspecified atom stereocenters. The van der Waals surface area contributed by atoms with E-state index in [1.165, 1.54) is 18.2 Å². The molecule has 5 atom stereocenters. The Morgan fingerprint density at radius 2 is 2.16 bits per heavy atom. The van der Waals surface area contributed by atoms with E-state index in [1.807, 2.05) is 6.92 Å². The van der Waals surface area contributed by atoms with Crippen molar-refractivity contribution in [3.63, 3.8) is 0 Å². The summed E-state index contributed by atoms with van der Waals surface area (Å²) in [7, 11) is 0. The Kier molecular flexibility index (Phi) is 5.32. The summed E-state index contributed by atoms with van der Waals surface area (Å²) in [5, 5.41) is 6.12. The second kappa shape index (κ2) is 7.32. The number of piperidine rings is 1. The Hall–Kier alpha value is -1.62. The molecule has 1 saturated heterocycles. The predicted molar refractivity (Wildman–Crippen MR) is 94.9 cm³/mol. The van der Waals surface area contributed by atoms with E-state index in [4.69, 9.17) is 11.6 Å². The topological polar surface area (TPSA) is 58.2 Å². The fraction of sp³-hybridized carbons (Fsp3) is 0.579. The van der Waals surface area contributed by atoms with E-state index in [9.17, 15) is 14.0 Å². The standard InChI is InChI=1S/C19H24ClFN2O2/c1-3-12-10(2)13-8-7-11(9-16(13)23-18(12)24)22-19(25)17-14(20)5-4-6-15(17)21/h4-6,10-13,16H,3,7-9H2,1-2H3,(H,22,25)(H,23,24). The molecule has 0 aromatic heterocycles. The van der Waals surface area contributed by atoms with Gasteiger partial charge in [0.1, 0.15) is 5.82 Å². The number of hydrogen-bond donors (Lipinski definition) is 2. The maximum absolute atomic E-state index is 13.9. The highest BCUT2D eigenvalue weighted by Gasteiger charge is 2.43. The van der Waals surface area contributed by atoms with Gasteiger partial charge in [-0.2, -0.15) is 0 Å². The van der Waals surface area contributed by atoms with E-state index < -0.39 is 11.7 Å². The van der Waals surface area contributed by atoms with Crippen LogP contribution in [0.3, 0.4) is 0 Å². The van der Waals surface area contributed by atoms with Crippen molar-refractivity contribution in [3.05, 3.63) is 34.6 Å². The molecule has 0 radical (unpaired) electrons. The third kappa shape index (κ3) is 3.52. The van der Waals surface area contributed by atoms with Crippen LogP contribution in [0.4, 0.5) is 4.39 Å². The highest BCUT2D eigenvalue weighted by Crippen LogP contribution is 2.39. The minimum Gasteiger partial charge on any atom is -0.353 e. The van der Waals surface area contributed by atoms with Crippen molar-refractivity contribution < 1.29 is 14.0 Å². The van der Waals surface area contributed by atoms with Crippen molar-refractivity contribution in [3.8, 4) is 0 Å². The minimum absolute atomic E-state index is 0.0699. The smallest absolute Gasteiger partial charge is 0.255 e. The summed E-state index contributed by atoms with van der Waals surface area (Å²) in [6, 6.07) is 4.19. The summed E-state index contributed by atoms with van der Waals surface area (Å²) < 4.78 is 13.9. The molecule has 1 aliphatic carbocycles. The van der Waals surface area contributed by atoms with E-state index in [1.54, 1.807) is 0 Å². The molecule has 1 heterocycles. The third-order valence-corrected chi connectivity index (χ3v) is 6.16. The number of carbonyl (C=O) groups excluding carboxylic acids is 2. The number of benzene rings is 1. The zero-order chi connectivity index (χ0) is 18.1. The Balaban J connectivity index is 1.67. The Morgan fingerprint density at radius 3 is 2.84 bits per heavy atom. The van der Waals surface area contributed by atoms with E-state index in [2.05, 4.69) is 17.6 Å². The number of fused-ring (bicyclic) bond motifs is 1. The Labute approximate surface area is 152 Å². The molecule has 2 N–H and O–H groups in total. The molecule has 1 aromatic carbocycles. The van der Waals surface area contributed by atoms with Gasteiger partial charge in [0.05, 0.1) is 10.6 Å². The van der Waals surface area contributed by atoms with Gasteiger partial charge in [0.15, 0.2) is 0 Å². The van der Waals surface area contributed by atoms with Crippen LogP contribution in [0.15, 0.2) is 18.2 Å². The summed E-state index contributed by atoms with van der Waals surface area (Å²) in [4.78, 5) is 24.7. The van der Waals surface area contributed by atoms with Crippen LogP contribution >= 0.6 is 11.6 Å². The molecule has 4 nitrogen and oxygen atoms in total. The van der Waals surface area contributed by atoms with Crippen LogP contribution in [0.25, 0.3) is 0 Å². The van der Waals surface area contributed by atoms with E-state index in [-0.39, 0.29) is 34.5 Å². The number of carbonyl (C=O) groups is 2. The second-order valence-corrected chi connectivity index (χ2v) is 7.64. The van der Waals surface area contributed by atoms with Gasteiger partial charge in [-0.05, 0) is 49.7 Å². The summed E-state index contributed by atoms with van der Waals surface area (Å²) in [5.74, 6) is -0.142. The lowest BCUT2D eigenvalue weighted by Crippen LogP contribution is -2.58. The van der Waals surface area contributed by atoms with Gasteiger partial charge < -0.3 is 10.6 Å². The van der Waals surface area contributed by atoms with Crippen LogP contribution in [0, 0.1) is 23.6 Å². The van der Waals surface area contributed by atoms with Crippen molar-refractivity contribution >= 4 is 23.4 Å².